The standard InChI is InChI=1S/C24H27N3O5/c1-2-32-19-5-3-4-18(16-19)21-20(22(28)17-6-8-25-9-7-17)23(29)24(30)27(21)11-10-26-12-14-31-15-13-26/h3-9,16,21,28H,2,10-15H2,1H3/b22-20+. The lowest BCUT2D eigenvalue weighted by Crippen LogP contribution is -2.42. The average molecular weight is 437 g/mol. The lowest BCUT2D eigenvalue weighted by Gasteiger charge is -2.31. The SMILES string of the molecule is CCOc1cccc(C2/C(=C(\O)c3ccncc3)C(=O)C(=O)N2CCN2CCOCC2)c1. The van der Waals surface area contributed by atoms with Crippen LogP contribution in [0.3, 0.4) is 0 Å². The van der Waals surface area contributed by atoms with Crippen molar-refractivity contribution in [3.05, 3.63) is 65.5 Å². The fourth-order valence-corrected chi connectivity index (χ4v) is 4.14. The number of carbonyl (C=O) groups excluding carboxylic acids is 2. The minimum absolute atomic E-state index is 0.0804. The Bertz CT molecular complexity index is 1000. The molecule has 4 rings (SSSR count). The zero-order chi connectivity index (χ0) is 22.5. The van der Waals surface area contributed by atoms with E-state index in [1.807, 2.05) is 31.2 Å². The number of likely N-dealkylation sites (tertiary alicyclic amines) is 1. The van der Waals surface area contributed by atoms with Crippen molar-refractivity contribution < 1.29 is 24.2 Å². The van der Waals surface area contributed by atoms with Crippen molar-refractivity contribution in [1.29, 1.82) is 0 Å². The van der Waals surface area contributed by atoms with Gasteiger partial charge in [0.15, 0.2) is 0 Å². The average Bonchev–Trinajstić information content (AvgIpc) is 3.09. The summed E-state index contributed by atoms with van der Waals surface area (Å²) in [5.41, 5.74) is 1.24. The molecule has 168 valence electrons. The fourth-order valence-electron chi connectivity index (χ4n) is 4.14. The van der Waals surface area contributed by atoms with E-state index >= 15 is 0 Å². The number of carbonyl (C=O) groups is 2. The molecular weight excluding hydrogens is 410 g/mol. The highest BCUT2D eigenvalue weighted by molar-refractivity contribution is 6.46. The van der Waals surface area contributed by atoms with Crippen molar-refractivity contribution in [2.45, 2.75) is 13.0 Å². The maximum Gasteiger partial charge on any atom is 0.295 e. The third-order valence-corrected chi connectivity index (χ3v) is 5.74. The Morgan fingerprint density at radius 2 is 1.91 bits per heavy atom. The Morgan fingerprint density at radius 3 is 2.62 bits per heavy atom. The first-order chi connectivity index (χ1) is 15.6. The summed E-state index contributed by atoms with van der Waals surface area (Å²) >= 11 is 0. The molecule has 2 saturated heterocycles. The molecule has 0 saturated carbocycles. The monoisotopic (exact) mass is 437 g/mol. The van der Waals surface area contributed by atoms with E-state index < -0.39 is 17.7 Å². The third kappa shape index (κ3) is 4.51. The number of amides is 1. The largest absolute Gasteiger partial charge is 0.507 e. The maximum absolute atomic E-state index is 13.1. The summed E-state index contributed by atoms with van der Waals surface area (Å²) < 4.78 is 11.0. The number of ketones is 1. The smallest absolute Gasteiger partial charge is 0.295 e. The first-order valence-electron chi connectivity index (χ1n) is 10.8. The maximum atomic E-state index is 13.1. The summed E-state index contributed by atoms with van der Waals surface area (Å²) in [6.07, 6.45) is 3.07. The van der Waals surface area contributed by atoms with Gasteiger partial charge in [0.05, 0.1) is 31.4 Å². The number of hydrogen-bond donors (Lipinski definition) is 1. The van der Waals surface area contributed by atoms with Gasteiger partial charge in [-0.2, -0.15) is 0 Å². The summed E-state index contributed by atoms with van der Waals surface area (Å²) in [6.45, 7) is 6.25. The van der Waals surface area contributed by atoms with E-state index in [9.17, 15) is 14.7 Å². The second kappa shape index (κ2) is 9.93. The predicted octanol–water partition coefficient (Wildman–Crippen LogP) is 2.23. The molecule has 1 N–H and O–H groups in total. The lowest BCUT2D eigenvalue weighted by atomic mass is 9.95. The van der Waals surface area contributed by atoms with Crippen LogP contribution in [0.15, 0.2) is 54.4 Å². The molecule has 1 unspecified atom stereocenters. The minimum atomic E-state index is -0.704. The summed E-state index contributed by atoms with van der Waals surface area (Å²) in [6, 6.07) is 9.85. The van der Waals surface area contributed by atoms with E-state index in [1.165, 1.54) is 12.4 Å². The number of rotatable bonds is 7. The number of nitrogens with zero attached hydrogens (tertiary/aromatic N) is 3. The predicted molar refractivity (Wildman–Crippen MR) is 118 cm³/mol. The van der Waals surface area contributed by atoms with Crippen LogP contribution in [-0.2, 0) is 14.3 Å². The van der Waals surface area contributed by atoms with Crippen molar-refractivity contribution in [3.63, 3.8) is 0 Å². The molecule has 2 aliphatic rings. The van der Waals surface area contributed by atoms with Gasteiger partial charge in [0.2, 0.25) is 0 Å². The first-order valence-corrected chi connectivity index (χ1v) is 10.8. The molecule has 0 aliphatic carbocycles. The molecule has 8 heteroatoms. The molecule has 32 heavy (non-hydrogen) atoms. The van der Waals surface area contributed by atoms with E-state index in [-0.39, 0.29) is 11.3 Å². The van der Waals surface area contributed by atoms with Crippen LogP contribution in [0.4, 0.5) is 0 Å². The highest BCUT2D eigenvalue weighted by atomic mass is 16.5. The molecule has 1 aromatic carbocycles. The van der Waals surface area contributed by atoms with Crippen molar-refractivity contribution in [3.8, 4) is 5.75 Å². The third-order valence-electron chi connectivity index (χ3n) is 5.74. The van der Waals surface area contributed by atoms with Crippen molar-refractivity contribution in [2.75, 3.05) is 46.0 Å². The van der Waals surface area contributed by atoms with E-state index in [1.54, 1.807) is 17.0 Å². The molecule has 2 aliphatic heterocycles. The Labute approximate surface area is 187 Å². The Hall–Kier alpha value is -3.23. The number of Topliss-reactive ketones (excluding diaryl/α,β-unsaturated/α-hetero) is 1. The number of aliphatic hydroxyl groups excluding tert-OH is 1. The van der Waals surface area contributed by atoms with Crippen LogP contribution < -0.4 is 4.74 Å². The van der Waals surface area contributed by atoms with E-state index in [0.717, 1.165) is 13.1 Å². The van der Waals surface area contributed by atoms with Gasteiger partial charge in [0, 0.05) is 44.1 Å². The number of morpholine rings is 1. The molecular formula is C24H27N3O5. The molecule has 3 heterocycles. The summed E-state index contributed by atoms with van der Waals surface area (Å²) in [5.74, 6) is -0.854. The fraction of sp³-hybridized carbons (Fsp3) is 0.375. The highest BCUT2D eigenvalue weighted by Gasteiger charge is 2.46. The minimum Gasteiger partial charge on any atom is -0.507 e. The summed E-state index contributed by atoms with van der Waals surface area (Å²) in [5, 5.41) is 11.0. The Morgan fingerprint density at radius 1 is 1.16 bits per heavy atom. The molecule has 0 radical (unpaired) electrons. The number of ether oxygens (including phenoxy) is 2. The van der Waals surface area contributed by atoms with E-state index in [4.69, 9.17) is 9.47 Å². The number of benzene rings is 1. The molecule has 1 atom stereocenters. The molecule has 0 spiro atoms. The Kier molecular flexibility index (Phi) is 6.82. The van der Waals surface area contributed by atoms with E-state index in [2.05, 4.69) is 9.88 Å². The molecule has 2 fully saturated rings. The summed E-state index contributed by atoms with van der Waals surface area (Å²) in [4.78, 5) is 33.9. The molecule has 0 bridgehead atoms. The number of hydrogen-bond acceptors (Lipinski definition) is 7. The number of pyridine rings is 1. The van der Waals surface area contributed by atoms with Gasteiger partial charge in [-0.25, -0.2) is 0 Å². The van der Waals surface area contributed by atoms with E-state index in [0.29, 0.717) is 49.8 Å². The molecule has 2 aromatic rings. The van der Waals surface area contributed by atoms with Crippen LogP contribution in [0.1, 0.15) is 24.1 Å². The zero-order valence-electron chi connectivity index (χ0n) is 18.1. The van der Waals surface area contributed by atoms with Gasteiger partial charge in [-0.1, -0.05) is 12.1 Å². The zero-order valence-corrected chi connectivity index (χ0v) is 18.1. The van der Waals surface area contributed by atoms with Crippen molar-refractivity contribution >= 4 is 17.4 Å². The van der Waals surface area contributed by atoms with Crippen LogP contribution in [0.2, 0.25) is 0 Å². The van der Waals surface area contributed by atoms with Gasteiger partial charge < -0.3 is 19.5 Å². The lowest BCUT2D eigenvalue weighted by molar-refractivity contribution is -0.140. The van der Waals surface area contributed by atoms with Crippen LogP contribution in [0.25, 0.3) is 5.76 Å². The van der Waals surface area contributed by atoms with Gasteiger partial charge >= 0.3 is 0 Å². The second-order valence-corrected chi connectivity index (χ2v) is 7.69. The van der Waals surface area contributed by atoms with Crippen LogP contribution in [0, 0.1) is 0 Å². The van der Waals surface area contributed by atoms with Gasteiger partial charge in [0.1, 0.15) is 11.5 Å². The van der Waals surface area contributed by atoms with Crippen molar-refractivity contribution in [1.82, 2.24) is 14.8 Å². The van der Waals surface area contributed by atoms with Crippen LogP contribution >= 0.6 is 0 Å². The van der Waals surface area contributed by atoms with Gasteiger partial charge in [0.25, 0.3) is 11.7 Å². The van der Waals surface area contributed by atoms with Gasteiger partial charge in [-0.05, 0) is 36.8 Å². The quantitative estimate of drug-likeness (QED) is 0.403. The van der Waals surface area contributed by atoms with Crippen LogP contribution in [0.5, 0.6) is 5.75 Å². The summed E-state index contributed by atoms with van der Waals surface area (Å²) in [7, 11) is 0. The van der Waals surface area contributed by atoms with Crippen LogP contribution in [-0.4, -0.2) is 77.6 Å². The second-order valence-electron chi connectivity index (χ2n) is 7.69. The van der Waals surface area contributed by atoms with Gasteiger partial charge in [-0.15, -0.1) is 0 Å². The van der Waals surface area contributed by atoms with Gasteiger partial charge in [-0.3, -0.25) is 19.5 Å². The number of aromatic nitrogens is 1. The number of aliphatic hydroxyl groups is 1. The topological polar surface area (TPSA) is 92.2 Å². The normalized spacial score (nSPS) is 21.2. The molecule has 8 nitrogen and oxygen atoms in total. The molecule has 1 amide bonds. The molecule has 1 aromatic heterocycles. The first kappa shape index (κ1) is 22.0. The van der Waals surface area contributed by atoms with Crippen molar-refractivity contribution in [2.24, 2.45) is 0 Å². The Balaban J connectivity index is 1.73. The highest BCUT2D eigenvalue weighted by Crippen LogP contribution is 2.40.